The quantitative estimate of drug-likeness (QED) is 0.308. The fourth-order valence-electron chi connectivity index (χ4n) is 6.11. The van der Waals surface area contributed by atoms with Gasteiger partial charge in [-0.3, -0.25) is 9.59 Å². The summed E-state index contributed by atoms with van der Waals surface area (Å²) in [4.78, 5) is 31.9. The Morgan fingerprint density at radius 3 is 2.53 bits per heavy atom. The normalized spacial score (nSPS) is 20.2. The molecular formula is C31H33N3O3S. The molecule has 2 amide bonds. The van der Waals surface area contributed by atoms with E-state index in [9.17, 15) is 9.59 Å². The van der Waals surface area contributed by atoms with Gasteiger partial charge in [-0.25, -0.2) is 0 Å². The average molecular weight is 528 g/mol. The first-order valence-corrected chi connectivity index (χ1v) is 14.4. The van der Waals surface area contributed by atoms with Crippen LogP contribution in [0.15, 0.2) is 72.1 Å². The largest absolute Gasteiger partial charge is 0.497 e. The van der Waals surface area contributed by atoms with E-state index < -0.39 is 5.54 Å². The van der Waals surface area contributed by atoms with Crippen LogP contribution in [0.2, 0.25) is 0 Å². The van der Waals surface area contributed by atoms with Crippen LogP contribution in [0.1, 0.15) is 59.5 Å². The first-order valence-electron chi connectivity index (χ1n) is 13.5. The van der Waals surface area contributed by atoms with Crippen molar-refractivity contribution < 1.29 is 14.3 Å². The number of amides is 2. The molecule has 196 valence electrons. The van der Waals surface area contributed by atoms with Crippen LogP contribution in [-0.2, 0) is 23.4 Å². The lowest BCUT2D eigenvalue weighted by molar-refractivity contribution is -0.136. The standard InChI is InChI=1S/C31H33N3O3S/c1-37-25-16-15-22-18-28-29(35)34(20-26-14-9-17-38-26)31(21-33(28)27(22)19-25,23-10-5-4-6-11-23)30(36)32-24-12-7-2-3-8-13-24/h4-6,9-11,14-19,24H,2-3,7-8,12-13,20-21H2,1H3,(H,32,36)/t31-/m0/s1. The van der Waals surface area contributed by atoms with Gasteiger partial charge in [-0.2, -0.15) is 0 Å². The maximum absolute atomic E-state index is 14.6. The molecular weight excluding hydrogens is 494 g/mol. The van der Waals surface area contributed by atoms with Crippen LogP contribution in [0, 0.1) is 0 Å². The Morgan fingerprint density at radius 1 is 1.03 bits per heavy atom. The summed E-state index contributed by atoms with van der Waals surface area (Å²) in [6, 6.07) is 21.8. The number of methoxy groups -OCH3 is 1. The molecule has 1 atom stereocenters. The van der Waals surface area contributed by atoms with Crippen molar-refractivity contribution >= 4 is 34.1 Å². The first-order chi connectivity index (χ1) is 18.6. The summed E-state index contributed by atoms with van der Waals surface area (Å²) in [6.07, 6.45) is 6.61. The summed E-state index contributed by atoms with van der Waals surface area (Å²) >= 11 is 1.61. The van der Waals surface area contributed by atoms with Gasteiger partial charge in [0.1, 0.15) is 11.4 Å². The van der Waals surface area contributed by atoms with Gasteiger partial charge in [0.05, 0.1) is 25.7 Å². The van der Waals surface area contributed by atoms with E-state index in [2.05, 4.69) is 5.32 Å². The highest BCUT2D eigenvalue weighted by Gasteiger charge is 2.53. The summed E-state index contributed by atoms with van der Waals surface area (Å²) in [7, 11) is 1.64. The fraction of sp³-hybridized carbons (Fsp3) is 0.355. The van der Waals surface area contributed by atoms with Crippen molar-refractivity contribution in [1.82, 2.24) is 14.8 Å². The Kier molecular flexibility index (Phi) is 6.70. The molecule has 2 aromatic heterocycles. The van der Waals surface area contributed by atoms with Crippen LogP contribution >= 0.6 is 11.3 Å². The molecule has 4 aromatic rings. The number of carbonyl (C=O) groups is 2. The monoisotopic (exact) mass is 527 g/mol. The molecule has 6 rings (SSSR count). The summed E-state index contributed by atoms with van der Waals surface area (Å²) in [5, 5.41) is 6.40. The van der Waals surface area contributed by atoms with Crippen molar-refractivity contribution in [3.8, 4) is 5.75 Å². The van der Waals surface area contributed by atoms with Gasteiger partial charge in [-0.1, -0.05) is 62.1 Å². The summed E-state index contributed by atoms with van der Waals surface area (Å²) < 4.78 is 7.53. The third-order valence-electron chi connectivity index (χ3n) is 8.13. The predicted molar refractivity (Wildman–Crippen MR) is 150 cm³/mol. The van der Waals surface area contributed by atoms with Crippen molar-refractivity contribution in [2.24, 2.45) is 0 Å². The molecule has 7 heteroatoms. The van der Waals surface area contributed by atoms with Crippen molar-refractivity contribution in [2.75, 3.05) is 7.11 Å². The van der Waals surface area contributed by atoms with Crippen LogP contribution < -0.4 is 10.1 Å². The average Bonchev–Trinajstić information content (AvgIpc) is 3.51. The first kappa shape index (κ1) is 24.7. The van der Waals surface area contributed by atoms with Crippen molar-refractivity contribution in [3.63, 3.8) is 0 Å². The number of thiophene rings is 1. The number of hydrogen-bond acceptors (Lipinski definition) is 4. The number of nitrogens with one attached hydrogen (secondary N) is 1. The molecule has 1 aliphatic carbocycles. The second-order valence-electron chi connectivity index (χ2n) is 10.4. The number of benzene rings is 2. The Morgan fingerprint density at radius 2 is 1.82 bits per heavy atom. The smallest absolute Gasteiger partial charge is 0.272 e. The molecule has 1 saturated carbocycles. The lowest BCUT2D eigenvalue weighted by Gasteiger charge is -2.47. The lowest BCUT2D eigenvalue weighted by Crippen LogP contribution is -2.63. The van der Waals surface area contributed by atoms with E-state index >= 15 is 0 Å². The molecule has 2 aliphatic rings. The van der Waals surface area contributed by atoms with E-state index in [1.807, 2.05) is 81.6 Å². The molecule has 3 heterocycles. The van der Waals surface area contributed by atoms with Gasteiger partial charge in [0.25, 0.3) is 11.8 Å². The van der Waals surface area contributed by atoms with Crippen LogP contribution in [0.3, 0.4) is 0 Å². The minimum absolute atomic E-state index is 0.101. The van der Waals surface area contributed by atoms with E-state index in [0.29, 0.717) is 18.8 Å². The van der Waals surface area contributed by atoms with Gasteiger partial charge in [0.2, 0.25) is 0 Å². The molecule has 38 heavy (non-hydrogen) atoms. The molecule has 1 aliphatic heterocycles. The van der Waals surface area contributed by atoms with E-state index in [1.54, 1.807) is 18.4 Å². The number of rotatable bonds is 6. The van der Waals surface area contributed by atoms with Crippen LogP contribution in [-0.4, -0.2) is 34.4 Å². The maximum Gasteiger partial charge on any atom is 0.272 e. The Balaban J connectivity index is 1.53. The summed E-state index contributed by atoms with van der Waals surface area (Å²) in [5.74, 6) is 0.482. The number of carbonyl (C=O) groups excluding carboxylic acids is 2. The molecule has 6 nitrogen and oxygen atoms in total. The minimum Gasteiger partial charge on any atom is -0.497 e. The van der Waals surface area contributed by atoms with Crippen molar-refractivity contribution in [2.45, 2.75) is 63.2 Å². The van der Waals surface area contributed by atoms with Crippen LogP contribution in [0.5, 0.6) is 5.75 Å². The number of hydrogen-bond donors (Lipinski definition) is 1. The Labute approximate surface area is 227 Å². The lowest BCUT2D eigenvalue weighted by atomic mass is 9.83. The molecule has 1 N–H and O–H groups in total. The molecule has 0 spiro atoms. The van der Waals surface area contributed by atoms with E-state index in [4.69, 9.17) is 4.74 Å². The molecule has 0 saturated heterocycles. The predicted octanol–water partition coefficient (Wildman–Crippen LogP) is 6.10. The van der Waals surface area contributed by atoms with Gasteiger partial charge in [0.15, 0.2) is 5.54 Å². The van der Waals surface area contributed by atoms with Gasteiger partial charge in [0, 0.05) is 22.4 Å². The molecule has 1 fully saturated rings. The maximum atomic E-state index is 14.6. The van der Waals surface area contributed by atoms with Gasteiger partial charge in [-0.05, 0) is 48.1 Å². The third kappa shape index (κ3) is 4.29. The van der Waals surface area contributed by atoms with Gasteiger partial charge < -0.3 is 19.5 Å². The third-order valence-corrected chi connectivity index (χ3v) is 9.00. The van der Waals surface area contributed by atoms with Crippen LogP contribution in [0.25, 0.3) is 10.9 Å². The zero-order valence-electron chi connectivity index (χ0n) is 21.7. The second-order valence-corrected chi connectivity index (χ2v) is 11.4. The number of fused-ring (bicyclic) bond motifs is 3. The molecule has 0 bridgehead atoms. The van der Waals surface area contributed by atoms with E-state index in [0.717, 1.165) is 52.8 Å². The van der Waals surface area contributed by atoms with E-state index in [1.165, 1.54) is 12.8 Å². The van der Waals surface area contributed by atoms with Crippen molar-refractivity contribution in [1.29, 1.82) is 0 Å². The SMILES string of the molecule is COc1ccc2cc3n(c2c1)C[C@@](C(=O)NC1CCCCCC1)(c1ccccc1)N(Cc1cccs1)C3=O. The highest BCUT2D eigenvalue weighted by Crippen LogP contribution is 2.41. The molecule has 2 aromatic carbocycles. The summed E-state index contributed by atoms with van der Waals surface area (Å²) in [5.41, 5.74) is 1.12. The fourth-order valence-corrected chi connectivity index (χ4v) is 6.81. The Bertz CT molecular complexity index is 1440. The Hall–Kier alpha value is -3.58. The zero-order chi connectivity index (χ0) is 26.1. The highest BCUT2D eigenvalue weighted by molar-refractivity contribution is 7.09. The molecule has 0 radical (unpaired) electrons. The topological polar surface area (TPSA) is 63.6 Å². The zero-order valence-corrected chi connectivity index (χ0v) is 22.5. The van der Waals surface area contributed by atoms with Gasteiger partial charge >= 0.3 is 0 Å². The molecule has 0 unspecified atom stereocenters. The number of ether oxygens (including phenoxy) is 1. The minimum atomic E-state index is -1.20. The summed E-state index contributed by atoms with van der Waals surface area (Å²) in [6.45, 7) is 0.701. The number of nitrogens with zero attached hydrogens (tertiary/aromatic N) is 2. The van der Waals surface area contributed by atoms with E-state index in [-0.39, 0.29) is 17.9 Å². The van der Waals surface area contributed by atoms with Crippen molar-refractivity contribution in [3.05, 3.63) is 88.2 Å². The highest BCUT2D eigenvalue weighted by atomic mass is 32.1. The van der Waals surface area contributed by atoms with Crippen LogP contribution in [0.4, 0.5) is 0 Å². The van der Waals surface area contributed by atoms with Gasteiger partial charge in [-0.15, -0.1) is 11.3 Å². The number of aromatic nitrogens is 1. The second kappa shape index (κ2) is 10.3.